The fourth-order valence-electron chi connectivity index (χ4n) is 2.34. The SMILES string of the molecule is [c]1ncc(-c2ncc(C3CC[CH]CC3)cn2)cn1. The van der Waals surface area contributed by atoms with Crippen molar-refractivity contribution in [1.29, 1.82) is 0 Å². The van der Waals surface area contributed by atoms with Gasteiger partial charge in [-0.2, -0.15) is 0 Å². The molecule has 2 heterocycles. The van der Waals surface area contributed by atoms with Crippen LogP contribution in [-0.4, -0.2) is 19.9 Å². The first kappa shape index (κ1) is 11.3. The number of rotatable bonds is 2. The Bertz CT molecular complexity index is 489. The van der Waals surface area contributed by atoms with Gasteiger partial charge in [0.05, 0.1) is 5.56 Å². The van der Waals surface area contributed by atoms with Gasteiger partial charge >= 0.3 is 0 Å². The van der Waals surface area contributed by atoms with Crippen molar-refractivity contribution in [3.63, 3.8) is 0 Å². The van der Waals surface area contributed by atoms with E-state index in [0.717, 1.165) is 5.56 Å². The lowest BCUT2D eigenvalue weighted by atomic mass is 9.85. The van der Waals surface area contributed by atoms with Crippen LogP contribution < -0.4 is 0 Å². The summed E-state index contributed by atoms with van der Waals surface area (Å²) in [5.74, 6) is 1.29. The highest BCUT2D eigenvalue weighted by atomic mass is 14.9. The Morgan fingerprint density at radius 2 is 1.61 bits per heavy atom. The van der Waals surface area contributed by atoms with Crippen LogP contribution in [0.25, 0.3) is 11.4 Å². The molecule has 2 aromatic heterocycles. The van der Waals surface area contributed by atoms with E-state index in [1.54, 1.807) is 12.4 Å². The number of hydrogen-bond donors (Lipinski definition) is 0. The average Bonchev–Trinajstić information content (AvgIpc) is 2.49. The van der Waals surface area contributed by atoms with Crippen molar-refractivity contribution in [2.75, 3.05) is 0 Å². The minimum absolute atomic E-state index is 0.615. The third-order valence-electron chi connectivity index (χ3n) is 3.36. The third kappa shape index (κ3) is 2.37. The largest absolute Gasteiger partial charge is 0.236 e. The van der Waals surface area contributed by atoms with Crippen LogP contribution in [0.3, 0.4) is 0 Å². The molecule has 0 aromatic carbocycles. The van der Waals surface area contributed by atoms with E-state index in [2.05, 4.69) is 32.7 Å². The summed E-state index contributed by atoms with van der Waals surface area (Å²) >= 11 is 0. The Kier molecular flexibility index (Phi) is 3.26. The van der Waals surface area contributed by atoms with Crippen LogP contribution in [0.5, 0.6) is 0 Å². The van der Waals surface area contributed by atoms with E-state index < -0.39 is 0 Å². The zero-order valence-corrected chi connectivity index (χ0v) is 10.1. The van der Waals surface area contributed by atoms with Crippen molar-refractivity contribution in [3.05, 3.63) is 43.1 Å². The summed E-state index contributed by atoms with van der Waals surface area (Å²) < 4.78 is 0. The molecule has 0 aliphatic heterocycles. The van der Waals surface area contributed by atoms with Crippen molar-refractivity contribution >= 4 is 0 Å². The minimum atomic E-state index is 0.615. The fraction of sp³-hybridized carbons (Fsp3) is 0.357. The van der Waals surface area contributed by atoms with Gasteiger partial charge in [-0.05, 0) is 43.6 Å². The van der Waals surface area contributed by atoms with Gasteiger partial charge in [-0.25, -0.2) is 19.9 Å². The van der Waals surface area contributed by atoms with Gasteiger partial charge in [-0.1, -0.05) is 0 Å². The topological polar surface area (TPSA) is 51.6 Å². The number of hydrogen-bond acceptors (Lipinski definition) is 4. The standard InChI is InChI=1S/C14H14N4/c1-2-4-11(5-3-1)12-8-17-14(18-9-12)13-6-15-10-16-7-13/h1,6-9,11H,2-5H2. The normalized spacial score (nSPS) is 16.7. The molecular formula is C14H14N4. The highest BCUT2D eigenvalue weighted by Crippen LogP contribution is 2.31. The van der Waals surface area contributed by atoms with Crippen LogP contribution in [-0.2, 0) is 0 Å². The van der Waals surface area contributed by atoms with Crippen molar-refractivity contribution in [2.24, 2.45) is 0 Å². The van der Waals surface area contributed by atoms with Crippen LogP contribution in [0.4, 0.5) is 0 Å². The molecule has 1 aliphatic carbocycles. The zero-order chi connectivity index (χ0) is 12.2. The molecule has 1 fully saturated rings. The molecule has 4 nitrogen and oxygen atoms in total. The molecule has 3 rings (SSSR count). The number of nitrogens with zero attached hydrogens (tertiary/aromatic N) is 4. The van der Waals surface area contributed by atoms with E-state index >= 15 is 0 Å². The smallest absolute Gasteiger partial charge is 0.197 e. The molecule has 1 aliphatic rings. The van der Waals surface area contributed by atoms with Gasteiger partial charge in [0.1, 0.15) is 0 Å². The third-order valence-corrected chi connectivity index (χ3v) is 3.36. The van der Waals surface area contributed by atoms with Crippen LogP contribution >= 0.6 is 0 Å². The first-order valence-electron chi connectivity index (χ1n) is 6.25. The monoisotopic (exact) mass is 238 g/mol. The molecule has 90 valence electrons. The van der Waals surface area contributed by atoms with Crippen molar-refractivity contribution in [2.45, 2.75) is 31.6 Å². The van der Waals surface area contributed by atoms with Crippen molar-refractivity contribution in [1.82, 2.24) is 19.9 Å². The van der Waals surface area contributed by atoms with Gasteiger partial charge in [0.2, 0.25) is 0 Å². The molecule has 0 atom stereocenters. The Labute approximate surface area is 107 Å². The lowest BCUT2D eigenvalue weighted by Gasteiger charge is -2.21. The molecular weight excluding hydrogens is 224 g/mol. The Balaban J connectivity index is 1.80. The maximum absolute atomic E-state index is 4.41. The van der Waals surface area contributed by atoms with E-state index in [1.165, 1.54) is 31.2 Å². The quantitative estimate of drug-likeness (QED) is 0.807. The minimum Gasteiger partial charge on any atom is -0.236 e. The molecule has 4 heteroatoms. The average molecular weight is 238 g/mol. The van der Waals surface area contributed by atoms with Gasteiger partial charge in [-0.3, -0.25) is 0 Å². The van der Waals surface area contributed by atoms with E-state index in [4.69, 9.17) is 0 Å². The predicted octanol–water partition coefficient (Wildman–Crippen LogP) is 2.60. The van der Waals surface area contributed by atoms with E-state index in [0.29, 0.717) is 11.7 Å². The highest BCUT2D eigenvalue weighted by Gasteiger charge is 2.16. The van der Waals surface area contributed by atoms with E-state index in [1.807, 2.05) is 12.4 Å². The van der Waals surface area contributed by atoms with Crippen LogP contribution in [0, 0.1) is 12.7 Å². The molecule has 1 saturated carbocycles. The molecule has 18 heavy (non-hydrogen) atoms. The molecule has 0 N–H and O–H groups in total. The second kappa shape index (κ2) is 5.21. The van der Waals surface area contributed by atoms with Crippen LogP contribution in [0.15, 0.2) is 24.8 Å². The summed E-state index contributed by atoms with van der Waals surface area (Å²) in [4.78, 5) is 16.5. The maximum Gasteiger partial charge on any atom is 0.197 e. The van der Waals surface area contributed by atoms with Gasteiger partial charge in [0.25, 0.3) is 0 Å². The highest BCUT2D eigenvalue weighted by molar-refractivity contribution is 5.51. The fourth-order valence-corrected chi connectivity index (χ4v) is 2.34. The molecule has 0 unspecified atom stereocenters. The lowest BCUT2D eigenvalue weighted by Crippen LogP contribution is -2.06. The maximum atomic E-state index is 4.41. The Hall–Kier alpha value is -1.84. The summed E-state index contributed by atoms with van der Waals surface area (Å²) in [5, 5.41) is 0. The van der Waals surface area contributed by atoms with Crippen molar-refractivity contribution in [3.8, 4) is 11.4 Å². The van der Waals surface area contributed by atoms with Gasteiger partial charge in [0.15, 0.2) is 12.2 Å². The second-order valence-corrected chi connectivity index (χ2v) is 4.55. The molecule has 0 amide bonds. The predicted molar refractivity (Wildman–Crippen MR) is 67.4 cm³/mol. The van der Waals surface area contributed by atoms with Crippen molar-refractivity contribution < 1.29 is 0 Å². The van der Waals surface area contributed by atoms with Gasteiger partial charge in [-0.15, -0.1) is 0 Å². The van der Waals surface area contributed by atoms with Gasteiger partial charge < -0.3 is 0 Å². The lowest BCUT2D eigenvalue weighted by molar-refractivity contribution is 0.509. The van der Waals surface area contributed by atoms with Crippen LogP contribution in [0.2, 0.25) is 0 Å². The molecule has 0 saturated heterocycles. The summed E-state index contributed by atoms with van der Waals surface area (Å²) in [5.41, 5.74) is 2.08. The Morgan fingerprint density at radius 1 is 0.944 bits per heavy atom. The Morgan fingerprint density at radius 3 is 2.28 bits per heavy atom. The zero-order valence-electron chi connectivity index (χ0n) is 10.1. The second-order valence-electron chi connectivity index (χ2n) is 4.55. The first-order chi connectivity index (χ1) is 8.93. The summed E-state index contributed by atoms with van der Waals surface area (Å²) in [6.45, 7) is 0. The number of aromatic nitrogens is 4. The molecule has 2 aromatic rings. The van der Waals surface area contributed by atoms with Crippen LogP contribution in [0.1, 0.15) is 37.2 Å². The van der Waals surface area contributed by atoms with Gasteiger partial charge in [0, 0.05) is 24.8 Å². The molecule has 0 bridgehead atoms. The van der Waals surface area contributed by atoms with E-state index in [-0.39, 0.29) is 0 Å². The molecule has 2 radical (unpaired) electrons. The summed E-state index contributed by atoms with van der Waals surface area (Å²) in [6, 6.07) is 0. The molecule has 0 spiro atoms. The first-order valence-corrected chi connectivity index (χ1v) is 6.25. The van der Waals surface area contributed by atoms with E-state index in [9.17, 15) is 0 Å². The summed E-state index contributed by atoms with van der Waals surface area (Å²) in [6.07, 6.45) is 16.9. The summed E-state index contributed by atoms with van der Waals surface area (Å²) in [7, 11) is 0.